The lowest BCUT2D eigenvalue weighted by molar-refractivity contribution is -0.324. The minimum absolute atomic E-state index is 0.0133. The van der Waals surface area contributed by atoms with E-state index in [1.165, 1.54) is 6.92 Å². The Hall–Kier alpha value is -1.71. The van der Waals surface area contributed by atoms with Crippen molar-refractivity contribution in [1.82, 2.24) is 0 Å². The Kier molecular flexibility index (Phi) is 11.5. The van der Waals surface area contributed by atoms with Crippen molar-refractivity contribution in [3.63, 3.8) is 0 Å². The van der Waals surface area contributed by atoms with Crippen LogP contribution in [-0.2, 0) is 42.7 Å². The molecule has 314 valence electrons. The summed E-state index contributed by atoms with van der Waals surface area (Å²) < 4.78 is 52.5. The molecule has 0 aromatic heterocycles. The van der Waals surface area contributed by atoms with Gasteiger partial charge in [0, 0.05) is 38.0 Å². The molecule has 6 saturated heterocycles. The summed E-state index contributed by atoms with van der Waals surface area (Å²) in [6, 6.07) is 0. The molecule has 17 atom stereocenters. The molecule has 8 aliphatic heterocycles. The molecule has 8 rings (SSSR count). The number of carbonyl (C=O) groups is 1. The van der Waals surface area contributed by atoms with Gasteiger partial charge in [0.1, 0.15) is 18.3 Å². The molecule has 0 saturated carbocycles. The molecule has 0 radical (unpaired) electrons. The number of ether oxygens (including phenoxy) is 8. The minimum atomic E-state index is -1.97. The van der Waals surface area contributed by atoms with Crippen LogP contribution in [0.2, 0.25) is 0 Å². The van der Waals surface area contributed by atoms with Gasteiger partial charge in [-0.2, -0.15) is 0 Å². The Bertz CT molecular complexity index is 1520. The van der Waals surface area contributed by atoms with Crippen LogP contribution in [0.15, 0.2) is 36.0 Å². The predicted molar refractivity (Wildman–Crippen MR) is 204 cm³/mol. The second-order valence-electron chi connectivity index (χ2n) is 18.9. The molecular formula is C44H66O12. The maximum atomic E-state index is 14.2. The molecule has 3 spiro atoms. The van der Waals surface area contributed by atoms with Crippen molar-refractivity contribution >= 4 is 5.97 Å². The summed E-state index contributed by atoms with van der Waals surface area (Å²) in [5.74, 6) is -3.43. The maximum absolute atomic E-state index is 14.2. The van der Waals surface area contributed by atoms with Crippen molar-refractivity contribution in [2.45, 2.75) is 209 Å². The van der Waals surface area contributed by atoms with Crippen molar-refractivity contribution in [2.75, 3.05) is 6.61 Å². The molecule has 8 heterocycles. The molecule has 12 heteroatoms. The molecule has 0 aliphatic carbocycles. The molecular weight excluding hydrogens is 720 g/mol. The highest BCUT2D eigenvalue weighted by Crippen LogP contribution is 2.48. The molecule has 6 fully saturated rings. The zero-order chi connectivity index (χ0) is 39.6. The third-order valence-corrected chi connectivity index (χ3v) is 14.2. The monoisotopic (exact) mass is 786 g/mol. The summed E-state index contributed by atoms with van der Waals surface area (Å²) in [7, 11) is 0. The first-order valence-electron chi connectivity index (χ1n) is 21.6. The standard InChI is InChI=1S/C44H66O12/c1-25-21-34-26(2)9-10-30-14-18-43(52-30)19-15-33-39(56-43)38(51-40(47)41(6,48)24-31-11-12-35(46)44(23-25,53-31)54-34)29(5)37(50-33)32(45)22-28(4)36-27(3)13-17-42(55-36)16-7-8-20-49-42/h9-10,23,26-28,30-39,45-46,48H,5,7-8,11-22,24H2,1-4,6H3/b10-9-/t26-,27-,28+,30+,31+,32+,33-,34+,35-,36+,37+,38-,39-,41-,42+,43-,44-/m1/s1. The van der Waals surface area contributed by atoms with E-state index in [9.17, 15) is 20.1 Å². The third kappa shape index (κ3) is 7.98. The highest BCUT2D eigenvalue weighted by Gasteiger charge is 2.57. The fourth-order valence-corrected chi connectivity index (χ4v) is 10.9. The van der Waals surface area contributed by atoms with Crippen LogP contribution in [0.1, 0.15) is 125 Å². The molecule has 0 unspecified atom stereocenters. The fourth-order valence-electron chi connectivity index (χ4n) is 10.9. The summed E-state index contributed by atoms with van der Waals surface area (Å²) in [6.07, 6.45) is 9.11. The molecule has 3 N–H and O–H groups in total. The van der Waals surface area contributed by atoms with E-state index in [0.29, 0.717) is 63.0 Å². The summed E-state index contributed by atoms with van der Waals surface area (Å²) in [6.45, 7) is 14.9. The van der Waals surface area contributed by atoms with Gasteiger partial charge in [-0.1, -0.05) is 45.1 Å². The molecule has 0 aromatic carbocycles. The predicted octanol–water partition coefficient (Wildman–Crippen LogP) is 5.69. The van der Waals surface area contributed by atoms with E-state index in [4.69, 9.17) is 37.9 Å². The van der Waals surface area contributed by atoms with Crippen LogP contribution < -0.4 is 0 Å². The Morgan fingerprint density at radius 2 is 1.71 bits per heavy atom. The van der Waals surface area contributed by atoms with Gasteiger partial charge in [0.15, 0.2) is 23.3 Å². The van der Waals surface area contributed by atoms with Gasteiger partial charge < -0.3 is 53.2 Å². The lowest BCUT2D eigenvalue weighted by Crippen LogP contribution is -2.62. The van der Waals surface area contributed by atoms with E-state index in [2.05, 4.69) is 39.5 Å². The summed E-state index contributed by atoms with van der Waals surface area (Å²) in [4.78, 5) is 14.2. The molecule has 8 aliphatic rings. The number of aliphatic hydroxyl groups excluding tert-OH is 2. The lowest BCUT2D eigenvalue weighted by atomic mass is 9.79. The van der Waals surface area contributed by atoms with Crippen LogP contribution in [0.25, 0.3) is 0 Å². The lowest BCUT2D eigenvalue weighted by Gasteiger charge is -2.51. The van der Waals surface area contributed by atoms with Crippen molar-refractivity contribution in [1.29, 1.82) is 0 Å². The number of hydrogen-bond donors (Lipinski definition) is 3. The molecule has 0 amide bonds. The number of hydrogen-bond acceptors (Lipinski definition) is 12. The van der Waals surface area contributed by atoms with Crippen LogP contribution in [0.3, 0.4) is 0 Å². The SMILES string of the molecule is C=C1[C@H]2OC(=O)[C@](C)(O)C[C@@H]3CC[C@@H](O)[C@]4(C=C(C)C[C@H](O4)[C@H](C)/C=C\[C@H]4CC[C@@]5(CC[C@@H](O[C@@H]1[C@@H](O)C[C@H](C)[C@H]1O[C@@]6(CCCCO6)CC[C@H]1C)[C@H]2O5)O4)O3. The second-order valence-corrected chi connectivity index (χ2v) is 18.9. The topological polar surface area (TPSA) is 152 Å². The Morgan fingerprint density at radius 3 is 2.50 bits per heavy atom. The Balaban J connectivity index is 1.05. The van der Waals surface area contributed by atoms with E-state index in [1.54, 1.807) is 0 Å². The van der Waals surface area contributed by atoms with E-state index in [1.807, 2.05) is 13.0 Å². The van der Waals surface area contributed by atoms with E-state index in [-0.39, 0.29) is 36.6 Å². The molecule has 12 nitrogen and oxygen atoms in total. The first-order chi connectivity index (χ1) is 26.6. The summed E-state index contributed by atoms with van der Waals surface area (Å²) >= 11 is 0. The van der Waals surface area contributed by atoms with Crippen molar-refractivity contribution in [3.05, 3.63) is 36.0 Å². The zero-order valence-electron chi connectivity index (χ0n) is 34.1. The summed E-state index contributed by atoms with van der Waals surface area (Å²) in [5, 5.41) is 35.1. The van der Waals surface area contributed by atoms with Crippen molar-refractivity contribution in [3.8, 4) is 0 Å². The van der Waals surface area contributed by atoms with Crippen LogP contribution in [-0.4, -0.2) is 112 Å². The molecule has 6 bridgehead atoms. The number of aliphatic hydroxyl groups is 3. The summed E-state index contributed by atoms with van der Waals surface area (Å²) in [5.41, 5.74) is -0.541. The average Bonchev–Trinajstić information content (AvgIpc) is 3.55. The van der Waals surface area contributed by atoms with Gasteiger partial charge in [0.25, 0.3) is 0 Å². The fraction of sp³-hybridized carbons (Fsp3) is 0.841. The first-order valence-corrected chi connectivity index (χ1v) is 21.6. The number of esters is 1. The van der Waals surface area contributed by atoms with Crippen LogP contribution in [0, 0.1) is 17.8 Å². The normalized spacial score (nSPS) is 50.2. The number of carbonyl (C=O) groups excluding carboxylic acids is 1. The third-order valence-electron chi connectivity index (χ3n) is 14.2. The largest absolute Gasteiger partial charge is 0.453 e. The smallest absolute Gasteiger partial charge is 0.338 e. The quantitative estimate of drug-likeness (QED) is 0.237. The van der Waals surface area contributed by atoms with Crippen molar-refractivity contribution < 1.29 is 58.0 Å². The van der Waals surface area contributed by atoms with Crippen molar-refractivity contribution in [2.24, 2.45) is 17.8 Å². The van der Waals surface area contributed by atoms with Gasteiger partial charge in [-0.15, -0.1) is 0 Å². The van der Waals surface area contributed by atoms with Crippen LogP contribution in [0.5, 0.6) is 0 Å². The van der Waals surface area contributed by atoms with Gasteiger partial charge in [-0.3, -0.25) is 0 Å². The second kappa shape index (κ2) is 15.7. The first kappa shape index (κ1) is 41.0. The highest BCUT2D eigenvalue weighted by atomic mass is 16.7. The molecule has 56 heavy (non-hydrogen) atoms. The van der Waals surface area contributed by atoms with Gasteiger partial charge in [-0.25, -0.2) is 4.79 Å². The van der Waals surface area contributed by atoms with Crippen LogP contribution >= 0.6 is 0 Å². The van der Waals surface area contributed by atoms with Gasteiger partial charge in [0.2, 0.25) is 5.79 Å². The number of rotatable bonds is 4. The van der Waals surface area contributed by atoms with Gasteiger partial charge in [0.05, 0.1) is 43.2 Å². The van der Waals surface area contributed by atoms with E-state index < -0.39 is 71.7 Å². The van der Waals surface area contributed by atoms with Gasteiger partial charge in [-0.05, 0) is 95.1 Å². The molecule has 0 aromatic rings. The van der Waals surface area contributed by atoms with Gasteiger partial charge >= 0.3 is 5.97 Å². The maximum Gasteiger partial charge on any atom is 0.338 e. The number of fused-ring (bicyclic) bond motifs is 3. The highest BCUT2D eigenvalue weighted by molar-refractivity contribution is 5.79. The van der Waals surface area contributed by atoms with Crippen LogP contribution in [0.4, 0.5) is 0 Å². The zero-order valence-corrected chi connectivity index (χ0v) is 34.1. The Labute approximate surface area is 332 Å². The van der Waals surface area contributed by atoms with E-state index in [0.717, 1.165) is 44.1 Å². The Morgan fingerprint density at radius 1 is 0.929 bits per heavy atom. The minimum Gasteiger partial charge on any atom is -0.453 e. The van der Waals surface area contributed by atoms with E-state index >= 15 is 0 Å². The average molecular weight is 787 g/mol.